The molecule has 2 aromatic carbocycles. The Kier molecular flexibility index (Phi) is 12.5. The molecule has 1 aromatic heterocycles. The smallest absolute Gasteiger partial charge is 0.387 e. The lowest BCUT2D eigenvalue weighted by atomic mass is 9.94. The number of carbonyl (C=O) groups is 2. The number of nitrogens with zero attached hydrogens (tertiary/aromatic N) is 3. The highest BCUT2D eigenvalue weighted by Gasteiger charge is 2.27. The van der Waals surface area contributed by atoms with E-state index < -0.39 is 24.2 Å². The van der Waals surface area contributed by atoms with Crippen molar-refractivity contribution in [3.63, 3.8) is 0 Å². The van der Waals surface area contributed by atoms with Gasteiger partial charge in [-0.15, -0.1) is 0 Å². The minimum atomic E-state index is -2.85. The molecule has 4 rings (SSSR count). The lowest BCUT2D eigenvalue weighted by Gasteiger charge is -2.27. The van der Waals surface area contributed by atoms with Gasteiger partial charge in [-0.1, -0.05) is 0 Å². The average molecular weight is 635 g/mol. The highest BCUT2D eigenvalue weighted by Crippen LogP contribution is 2.31. The van der Waals surface area contributed by atoms with Crippen molar-refractivity contribution in [2.45, 2.75) is 38.3 Å². The number of hydrogen-bond donors (Lipinski definition) is 1. The zero-order valence-electron chi connectivity index (χ0n) is 25.9. The second kappa shape index (κ2) is 16.1. The van der Waals surface area contributed by atoms with Crippen molar-refractivity contribution < 1.29 is 36.6 Å². The molecule has 9 nitrogen and oxygen atoms in total. The fraction of sp³-hybridized carbons (Fsp3) is 0.406. The van der Waals surface area contributed by atoms with E-state index in [-0.39, 0.29) is 47.5 Å². The van der Waals surface area contributed by atoms with Gasteiger partial charge >= 0.3 is 6.61 Å². The molecule has 45 heavy (non-hydrogen) atoms. The Morgan fingerprint density at radius 2 is 1.78 bits per heavy atom. The lowest BCUT2D eigenvalue weighted by Crippen LogP contribution is -2.35. The van der Waals surface area contributed by atoms with Gasteiger partial charge in [-0.3, -0.25) is 9.59 Å². The summed E-state index contributed by atoms with van der Waals surface area (Å²) >= 11 is 0. The molecule has 2 atom stereocenters. The topological polar surface area (TPSA) is 93.1 Å². The number of likely N-dealkylation sites (tertiary alicyclic amines) is 1. The standard InChI is InChI=1S/C23H29F2N3O3.C9H9F2NO2/c1-15-5-9-28(17-6-8-26(2)14-17)23(30)22(15)27(3)13-16(7-10-29)21-19(24)11-18(31-4)12-20(21)25;1-12-8(13)6-2-4-7(5-3-6)14-9(10)11/h5,9-12,16-17H,6-8,13-14H2,1-4H3;2-5,9H,1H3,(H,12,13). The number of aldehydes is 1. The third-order valence-electron chi connectivity index (χ3n) is 7.58. The van der Waals surface area contributed by atoms with E-state index in [2.05, 4.69) is 15.0 Å². The summed E-state index contributed by atoms with van der Waals surface area (Å²) in [6.07, 6.45) is 3.27. The molecule has 13 heteroatoms. The van der Waals surface area contributed by atoms with E-state index in [9.17, 15) is 31.9 Å². The number of halogens is 4. The molecule has 1 aliphatic rings. The number of aryl methyl sites for hydroxylation is 1. The number of hydrogen-bond acceptors (Lipinski definition) is 7. The molecule has 3 aromatic rings. The number of nitrogens with one attached hydrogen (secondary N) is 1. The predicted molar refractivity (Wildman–Crippen MR) is 163 cm³/mol. The zero-order chi connectivity index (χ0) is 33.3. The van der Waals surface area contributed by atoms with E-state index in [1.165, 1.54) is 38.4 Å². The Morgan fingerprint density at radius 3 is 2.29 bits per heavy atom. The van der Waals surface area contributed by atoms with Crippen LogP contribution in [0.15, 0.2) is 53.5 Å². The molecule has 0 bridgehead atoms. The Morgan fingerprint density at radius 1 is 1.13 bits per heavy atom. The minimum absolute atomic E-state index is 0.0349. The van der Waals surface area contributed by atoms with Gasteiger partial charge in [0.05, 0.1) is 13.2 Å². The predicted octanol–water partition coefficient (Wildman–Crippen LogP) is 4.78. The van der Waals surface area contributed by atoms with Gasteiger partial charge in [-0.05, 0) is 62.8 Å². The van der Waals surface area contributed by atoms with E-state index in [0.29, 0.717) is 17.5 Å². The van der Waals surface area contributed by atoms with Crippen LogP contribution in [0.25, 0.3) is 0 Å². The van der Waals surface area contributed by atoms with Crippen LogP contribution in [0.2, 0.25) is 0 Å². The third kappa shape index (κ3) is 9.07. The number of ether oxygens (including phenoxy) is 2. The fourth-order valence-corrected chi connectivity index (χ4v) is 5.34. The van der Waals surface area contributed by atoms with Crippen molar-refractivity contribution in [1.82, 2.24) is 14.8 Å². The SMILES string of the molecule is CNC(=O)c1ccc(OC(F)F)cc1.COc1cc(F)c(C(CC=O)CN(C)c2c(C)ccn(C3CCN(C)C3)c2=O)c(F)c1. The minimum Gasteiger partial charge on any atom is -0.497 e. The Bertz CT molecular complexity index is 1490. The molecular weight excluding hydrogens is 596 g/mol. The number of amides is 1. The summed E-state index contributed by atoms with van der Waals surface area (Å²) in [5.74, 6) is -2.46. The summed E-state index contributed by atoms with van der Waals surface area (Å²) < 4.78 is 63.6. The number of rotatable bonds is 11. The molecule has 2 heterocycles. The van der Waals surface area contributed by atoms with Crippen molar-refractivity contribution in [1.29, 1.82) is 0 Å². The first-order valence-electron chi connectivity index (χ1n) is 14.2. The Hall–Kier alpha value is -4.39. The van der Waals surface area contributed by atoms with Gasteiger partial charge in [-0.2, -0.15) is 8.78 Å². The van der Waals surface area contributed by atoms with Gasteiger partial charge in [0, 0.05) is 69.0 Å². The molecule has 1 N–H and O–H groups in total. The molecule has 1 saturated heterocycles. The van der Waals surface area contributed by atoms with Crippen LogP contribution in [0, 0.1) is 18.6 Å². The van der Waals surface area contributed by atoms with Crippen LogP contribution >= 0.6 is 0 Å². The monoisotopic (exact) mass is 634 g/mol. The van der Waals surface area contributed by atoms with Gasteiger partial charge in [0.1, 0.15) is 35.1 Å². The van der Waals surface area contributed by atoms with E-state index in [0.717, 1.165) is 37.2 Å². The number of methoxy groups -OCH3 is 1. The molecule has 244 valence electrons. The zero-order valence-corrected chi connectivity index (χ0v) is 25.9. The van der Waals surface area contributed by atoms with Crippen LogP contribution < -0.4 is 25.2 Å². The normalized spacial score (nSPS) is 15.2. The van der Waals surface area contributed by atoms with Gasteiger partial charge < -0.3 is 34.0 Å². The summed E-state index contributed by atoms with van der Waals surface area (Å²) in [5.41, 5.74) is 1.33. The van der Waals surface area contributed by atoms with Crippen molar-refractivity contribution in [2.75, 3.05) is 52.8 Å². The first-order valence-corrected chi connectivity index (χ1v) is 14.2. The molecule has 0 aliphatic carbocycles. The second-order valence-electron chi connectivity index (χ2n) is 10.7. The van der Waals surface area contributed by atoms with Crippen molar-refractivity contribution >= 4 is 17.9 Å². The molecule has 0 saturated carbocycles. The fourth-order valence-electron chi connectivity index (χ4n) is 5.34. The first-order chi connectivity index (χ1) is 21.4. The third-order valence-corrected chi connectivity index (χ3v) is 7.58. The highest BCUT2D eigenvalue weighted by molar-refractivity contribution is 5.94. The summed E-state index contributed by atoms with van der Waals surface area (Å²) in [5, 5.41) is 2.41. The van der Waals surface area contributed by atoms with Crippen LogP contribution in [0.4, 0.5) is 23.2 Å². The number of benzene rings is 2. The maximum absolute atomic E-state index is 14.7. The highest BCUT2D eigenvalue weighted by atomic mass is 19.3. The number of alkyl halides is 2. The molecule has 1 aliphatic heterocycles. The van der Waals surface area contributed by atoms with Crippen LogP contribution in [0.5, 0.6) is 11.5 Å². The van der Waals surface area contributed by atoms with Crippen LogP contribution in [0.1, 0.15) is 46.3 Å². The van der Waals surface area contributed by atoms with Gasteiger partial charge in [0.25, 0.3) is 11.5 Å². The van der Waals surface area contributed by atoms with E-state index in [4.69, 9.17) is 4.74 Å². The summed E-state index contributed by atoms with van der Waals surface area (Å²) in [6.45, 7) is 0.821. The summed E-state index contributed by atoms with van der Waals surface area (Å²) in [4.78, 5) is 39.5. The van der Waals surface area contributed by atoms with Gasteiger partial charge in [0.2, 0.25) is 0 Å². The van der Waals surface area contributed by atoms with Gasteiger partial charge in [-0.25, -0.2) is 8.78 Å². The number of anilines is 1. The van der Waals surface area contributed by atoms with Crippen molar-refractivity contribution in [2.24, 2.45) is 0 Å². The number of pyridine rings is 1. The number of likely N-dealkylation sites (N-methyl/N-ethyl adjacent to an activating group) is 2. The summed E-state index contributed by atoms with van der Waals surface area (Å²) in [6, 6.07) is 9.64. The molecular formula is C32H38F4N4O5. The first kappa shape index (κ1) is 35.1. The van der Waals surface area contributed by atoms with Crippen LogP contribution in [0.3, 0.4) is 0 Å². The lowest BCUT2D eigenvalue weighted by molar-refractivity contribution is -0.108. The Balaban J connectivity index is 0.000000330. The quantitative estimate of drug-likeness (QED) is 0.240. The largest absolute Gasteiger partial charge is 0.497 e. The Labute approximate surface area is 259 Å². The van der Waals surface area contributed by atoms with E-state index in [1.54, 1.807) is 16.5 Å². The number of aromatic nitrogens is 1. The van der Waals surface area contributed by atoms with Crippen molar-refractivity contribution in [3.05, 3.63) is 87.3 Å². The van der Waals surface area contributed by atoms with Crippen molar-refractivity contribution in [3.8, 4) is 11.5 Å². The molecule has 0 radical (unpaired) electrons. The maximum Gasteiger partial charge on any atom is 0.387 e. The molecule has 1 amide bonds. The molecule has 2 unspecified atom stereocenters. The van der Waals surface area contributed by atoms with E-state index >= 15 is 0 Å². The number of carbonyl (C=O) groups excluding carboxylic acids is 2. The van der Waals surface area contributed by atoms with Gasteiger partial charge in [0.15, 0.2) is 0 Å². The molecule has 0 spiro atoms. The van der Waals surface area contributed by atoms with Crippen LogP contribution in [-0.2, 0) is 4.79 Å². The maximum atomic E-state index is 14.7. The molecule has 1 fully saturated rings. The van der Waals surface area contributed by atoms with E-state index in [1.807, 2.05) is 26.2 Å². The average Bonchev–Trinajstić information content (AvgIpc) is 3.42. The second-order valence-corrected chi connectivity index (χ2v) is 10.7. The summed E-state index contributed by atoms with van der Waals surface area (Å²) in [7, 11) is 6.56. The van der Waals surface area contributed by atoms with Crippen LogP contribution in [-0.4, -0.2) is 76.2 Å².